The molecule has 108 valence electrons. The summed E-state index contributed by atoms with van der Waals surface area (Å²) in [5, 5.41) is 6.47. The zero-order valence-corrected chi connectivity index (χ0v) is 13.2. The van der Waals surface area contributed by atoms with Gasteiger partial charge in [0, 0.05) is 17.5 Å². The fourth-order valence-electron chi connectivity index (χ4n) is 2.07. The van der Waals surface area contributed by atoms with Gasteiger partial charge in [0.25, 0.3) is 0 Å². The molecule has 0 spiro atoms. The first kappa shape index (κ1) is 15.0. The van der Waals surface area contributed by atoms with Crippen LogP contribution in [0.5, 0.6) is 5.75 Å². The quantitative estimate of drug-likeness (QED) is 0.844. The molecule has 1 aromatic heterocycles. The smallest absolute Gasteiger partial charge is 0.131 e. The zero-order chi connectivity index (χ0) is 14.4. The molecule has 1 heterocycles. The maximum Gasteiger partial charge on any atom is 0.131 e. The van der Waals surface area contributed by atoms with E-state index in [0.717, 1.165) is 30.8 Å². The van der Waals surface area contributed by atoms with Crippen LogP contribution in [0.4, 0.5) is 0 Å². The molecule has 4 heteroatoms. The summed E-state index contributed by atoms with van der Waals surface area (Å²) < 4.78 is 5.93. The van der Waals surface area contributed by atoms with Crippen molar-refractivity contribution in [1.82, 2.24) is 10.3 Å². The van der Waals surface area contributed by atoms with E-state index in [-0.39, 0.29) is 0 Å². The molecule has 0 aliphatic carbocycles. The van der Waals surface area contributed by atoms with E-state index in [9.17, 15) is 0 Å². The van der Waals surface area contributed by atoms with Crippen molar-refractivity contribution in [2.24, 2.45) is 0 Å². The number of thiazole rings is 1. The van der Waals surface area contributed by atoms with Crippen LogP contribution in [0.25, 0.3) is 0 Å². The van der Waals surface area contributed by atoms with Crippen LogP contribution in [-0.4, -0.2) is 12.0 Å². The molecule has 0 bridgehead atoms. The second kappa shape index (κ2) is 7.41. The van der Waals surface area contributed by atoms with Crippen molar-refractivity contribution < 1.29 is 4.74 Å². The molecule has 0 unspecified atom stereocenters. The monoisotopic (exact) mass is 290 g/mol. The number of aromatic nitrogens is 1. The van der Waals surface area contributed by atoms with Gasteiger partial charge in [-0.15, -0.1) is 11.3 Å². The Kier molecular flexibility index (Phi) is 5.56. The van der Waals surface area contributed by atoms with E-state index in [1.807, 2.05) is 13.1 Å². The molecule has 20 heavy (non-hydrogen) atoms. The number of nitrogens with zero attached hydrogens (tertiary/aromatic N) is 1. The summed E-state index contributed by atoms with van der Waals surface area (Å²) in [6.45, 7) is 5.63. The van der Waals surface area contributed by atoms with Crippen LogP contribution in [0, 0.1) is 6.92 Å². The topological polar surface area (TPSA) is 34.1 Å². The van der Waals surface area contributed by atoms with E-state index >= 15 is 0 Å². The van der Waals surface area contributed by atoms with Gasteiger partial charge in [-0.25, -0.2) is 4.98 Å². The maximum absolute atomic E-state index is 5.93. The number of hydrogen-bond donors (Lipinski definition) is 1. The lowest BCUT2D eigenvalue weighted by Gasteiger charge is -2.11. The molecule has 0 radical (unpaired) electrons. The second-order valence-electron chi connectivity index (χ2n) is 4.91. The largest absolute Gasteiger partial charge is 0.487 e. The summed E-state index contributed by atoms with van der Waals surface area (Å²) in [6, 6.07) is 6.29. The van der Waals surface area contributed by atoms with Crippen molar-refractivity contribution in [3.63, 3.8) is 0 Å². The van der Waals surface area contributed by atoms with Crippen molar-refractivity contribution in [3.8, 4) is 5.75 Å². The maximum atomic E-state index is 5.93. The van der Waals surface area contributed by atoms with Crippen LogP contribution in [0.3, 0.4) is 0 Å². The van der Waals surface area contributed by atoms with Crippen molar-refractivity contribution >= 4 is 11.3 Å². The van der Waals surface area contributed by atoms with Crippen molar-refractivity contribution in [1.29, 1.82) is 0 Å². The molecule has 1 aromatic carbocycles. The average Bonchev–Trinajstić information content (AvgIpc) is 2.86. The van der Waals surface area contributed by atoms with E-state index in [0.29, 0.717) is 6.61 Å². The lowest BCUT2D eigenvalue weighted by molar-refractivity contribution is 0.298. The summed E-state index contributed by atoms with van der Waals surface area (Å²) in [7, 11) is 1.95. The predicted octanol–water partition coefficient (Wildman–Crippen LogP) is 3.70. The molecular weight excluding hydrogens is 268 g/mol. The highest BCUT2D eigenvalue weighted by Gasteiger charge is 2.06. The van der Waals surface area contributed by atoms with Crippen LogP contribution >= 0.6 is 11.3 Å². The van der Waals surface area contributed by atoms with E-state index in [2.05, 4.69) is 41.7 Å². The van der Waals surface area contributed by atoms with E-state index in [4.69, 9.17) is 4.74 Å². The van der Waals surface area contributed by atoms with Crippen LogP contribution in [0.2, 0.25) is 0 Å². The molecule has 3 nitrogen and oxygen atoms in total. The van der Waals surface area contributed by atoms with Gasteiger partial charge in [0.2, 0.25) is 0 Å². The molecule has 2 aromatic rings. The fraction of sp³-hybridized carbons (Fsp3) is 0.438. The van der Waals surface area contributed by atoms with E-state index < -0.39 is 0 Å². The number of aryl methyl sites for hydroxylation is 2. The number of ether oxygens (including phenoxy) is 1. The van der Waals surface area contributed by atoms with Gasteiger partial charge in [0.15, 0.2) is 0 Å². The third-order valence-electron chi connectivity index (χ3n) is 3.02. The Hall–Kier alpha value is -1.39. The Morgan fingerprint density at radius 2 is 2.20 bits per heavy atom. The van der Waals surface area contributed by atoms with Gasteiger partial charge in [-0.2, -0.15) is 0 Å². The van der Waals surface area contributed by atoms with Gasteiger partial charge in [0.05, 0.1) is 10.7 Å². The Morgan fingerprint density at radius 1 is 1.35 bits per heavy atom. The number of hydrogen-bond acceptors (Lipinski definition) is 4. The summed E-state index contributed by atoms with van der Waals surface area (Å²) in [5.74, 6) is 0.940. The summed E-state index contributed by atoms with van der Waals surface area (Å²) in [5.41, 5.74) is 3.47. The summed E-state index contributed by atoms with van der Waals surface area (Å²) >= 11 is 1.72. The van der Waals surface area contributed by atoms with Crippen LogP contribution in [0.15, 0.2) is 23.6 Å². The Morgan fingerprint density at radius 3 is 2.95 bits per heavy atom. The van der Waals surface area contributed by atoms with Crippen LogP contribution in [-0.2, 0) is 19.6 Å². The van der Waals surface area contributed by atoms with Gasteiger partial charge in [-0.05, 0) is 32.9 Å². The Bertz CT molecular complexity index is 551. The number of benzene rings is 1. The minimum atomic E-state index is 0.542. The van der Waals surface area contributed by atoms with Gasteiger partial charge in [-0.3, -0.25) is 0 Å². The normalized spacial score (nSPS) is 10.8. The summed E-state index contributed by atoms with van der Waals surface area (Å²) in [4.78, 5) is 4.59. The average molecular weight is 290 g/mol. The molecule has 0 saturated carbocycles. The van der Waals surface area contributed by atoms with E-state index in [1.165, 1.54) is 16.1 Å². The van der Waals surface area contributed by atoms with Gasteiger partial charge in [0.1, 0.15) is 12.4 Å². The number of nitrogens with one attached hydrogen (secondary N) is 1. The fourth-order valence-corrected chi connectivity index (χ4v) is 2.96. The van der Waals surface area contributed by atoms with Crippen LogP contribution in [0.1, 0.15) is 35.2 Å². The Labute approximate surface area is 125 Å². The van der Waals surface area contributed by atoms with Crippen molar-refractivity contribution in [2.45, 2.75) is 39.8 Å². The van der Waals surface area contributed by atoms with E-state index in [1.54, 1.807) is 11.3 Å². The van der Waals surface area contributed by atoms with Crippen molar-refractivity contribution in [3.05, 3.63) is 45.4 Å². The highest BCUT2D eigenvalue weighted by molar-refractivity contribution is 7.09. The standard InChI is InChI=1S/C16H22N2OS/c1-4-5-16-18-14(11-20-16)10-19-15-7-6-12(2)8-13(15)9-17-3/h6-8,11,17H,4-5,9-10H2,1-3H3. The minimum absolute atomic E-state index is 0.542. The third-order valence-corrected chi connectivity index (χ3v) is 3.98. The lowest BCUT2D eigenvalue weighted by Crippen LogP contribution is -2.08. The molecule has 0 aliphatic heterocycles. The molecule has 1 N–H and O–H groups in total. The van der Waals surface area contributed by atoms with Gasteiger partial charge < -0.3 is 10.1 Å². The van der Waals surface area contributed by atoms with Crippen molar-refractivity contribution in [2.75, 3.05) is 7.05 Å². The molecular formula is C16H22N2OS. The molecule has 0 fully saturated rings. The molecule has 0 atom stereocenters. The molecule has 0 aliphatic rings. The first-order valence-electron chi connectivity index (χ1n) is 7.03. The molecule has 0 saturated heterocycles. The summed E-state index contributed by atoms with van der Waals surface area (Å²) in [6.07, 6.45) is 2.19. The Balaban J connectivity index is 2.02. The molecule has 2 rings (SSSR count). The highest BCUT2D eigenvalue weighted by Crippen LogP contribution is 2.21. The zero-order valence-electron chi connectivity index (χ0n) is 12.4. The van der Waals surface area contributed by atoms with Gasteiger partial charge in [-0.1, -0.05) is 24.6 Å². The lowest BCUT2D eigenvalue weighted by atomic mass is 10.1. The van der Waals surface area contributed by atoms with Gasteiger partial charge >= 0.3 is 0 Å². The first-order valence-corrected chi connectivity index (χ1v) is 7.91. The molecule has 0 amide bonds. The first-order chi connectivity index (χ1) is 9.72. The van der Waals surface area contributed by atoms with Crippen LogP contribution < -0.4 is 10.1 Å². The minimum Gasteiger partial charge on any atom is -0.487 e. The second-order valence-corrected chi connectivity index (χ2v) is 5.86. The third kappa shape index (κ3) is 4.05. The highest BCUT2D eigenvalue weighted by atomic mass is 32.1. The number of rotatable bonds is 7. The SMILES string of the molecule is CCCc1nc(COc2ccc(C)cc2CNC)cs1. The predicted molar refractivity (Wildman–Crippen MR) is 84.4 cm³/mol.